The molecule has 0 amide bonds. The van der Waals surface area contributed by atoms with Gasteiger partial charge in [-0.1, -0.05) is 36.0 Å². The molecule has 3 rings (SSSR count). The van der Waals surface area contributed by atoms with Crippen LogP contribution in [0.2, 0.25) is 0 Å². The first-order chi connectivity index (χ1) is 8.81. The Kier molecular flexibility index (Phi) is 3.30. The minimum atomic E-state index is -0.183. The van der Waals surface area contributed by atoms with E-state index in [1.54, 1.807) is 35.2 Å². The molecule has 0 aliphatic heterocycles. The van der Waals surface area contributed by atoms with Crippen molar-refractivity contribution in [1.29, 1.82) is 0 Å². The second-order valence-corrected chi connectivity index (χ2v) is 6.12. The second kappa shape index (κ2) is 5.08. The summed E-state index contributed by atoms with van der Waals surface area (Å²) in [5.41, 5.74) is 2.02. The molecule has 0 aliphatic carbocycles. The summed E-state index contributed by atoms with van der Waals surface area (Å²) < 4.78 is 15.3. The van der Waals surface area contributed by atoms with Crippen LogP contribution in [0.1, 0.15) is 5.56 Å². The van der Waals surface area contributed by atoms with Crippen LogP contribution in [0, 0.1) is 5.82 Å². The fourth-order valence-corrected chi connectivity index (χ4v) is 3.70. The SMILES string of the molecule is Fc1cccc(CSc2nc3ccccc3s2)c1. The van der Waals surface area contributed by atoms with E-state index in [1.807, 2.05) is 24.3 Å². The molecule has 0 saturated carbocycles. The first-order valence-corrected chi connectivity index (χ1v) is 7.34. The van der Waals surface area contributed by atoms with E-state index in [0.717, 1.165) is 21.2 Å². The predicted octanol–water partition coefficient (Wildman–Crippen LogP) is 4.73. The Bertz CT molecular complexity index is 645. The van der Waals surface area contributed by atoms with E-state index in [1.165, 1.54) is 10.8 Å². The zero-order valence-electron chi connectivity index (χ0n) is 9.47. The van der Waals surface area contributed by atoms with Gasteiger partial charge in [0.2, 0.25) is 0 Å². The molecule has 18 heavy (non-hydrogen) atoms. The zero-order valence-corrected chi connectivity index (χ0v) is 11.1. The largest absolute Gasteiger partial charge is 0.230 e. The van der Waals surface area contributed by atoms with E-state index >= 15 is 0 Å². The molecule has 0 unspecified atom stereocenters. The van der Waals surface area contributed by atoms with Gasteiger partial charge in [0.15, 0.2) is 4.34 Å². The summed E-state index contributed by atoms with van der Waals surface area (Å²) in [7, 11) is 0. The van der Waals surface area contributed by atoms with Gasteiger partial charge in [-0.2, -0.15) is 0 Å². The van der Waals surface area contributed by atoms with Crippen LogP contribution < -0.4 is 0 Å². The molecular weight excluding hydrogens is 265 g/mol. The topological polar surface area (TPSA) is 12.9 Å². The van der Waals surface area contributed by atoms with Gasteiger partial charge in [-0.25, -0.2) is 9.37 Å². The highest BCUT2D eigenvalue weighted by Gasteiger charge is 2.04. The lowest BCUT2D eigenvalue weighted by Crippen LogP contribution is -1.81. The number of aromatic nitrogens is 1. The highest BCUT2D eigenvalue weighted by atomic mass is 32.2. The number of halogens is 1. The van der Waals surface area contributed by atoms with Crippen LogP contribution in [-0.4, -0.2) is 4.98 Å². The second-order valence-electron chi connectivity index (χ2n) is 3.87. The maximum Gasteiger partial charge on any atom is 0.151 e. The van der Waals surface area contributed by atoms with Gasteiger partial charge in [-0.15, -0.1) is 11.3 Å². The minimum Gasteiger partial charge on any atom is -0.230 e. The summed E-state index contributed by atoms with van der Waals surface area (Å²) in [5, 5.41) is 0. The molecular formula is C14H10FNS2. The van der Waals surface area contributed by atoms with Crippen LogP contribution >= 0.6 is 23.1 Å². The summed E-state index contributed by atoms with van der Waals surface area (Å²) in [6, 6.07) is 14.8. The Hall–Kier alpha value is -1.39. The number of thiazole rings is 1. The summed E-state index contributed by atoms with van der Waals surface area (Å²) in [6.45, 7) is 0. The lowest BCUT2D eigenvalue weighted by atomic mass is 10.2. The van der Waals surface area contributed by atoms with Crippen molar-refractivity contribution in [3.05, 3.63) is 59.9 Å². The average Bonchev–Trinajstić information content (AvgIpc) is 2.79. The maximum atomic E-state index is 13.0. The highest BCUT2D eigenvalue weighted by Crippen LogP contribution is 2.31. The van der Waals surface area contributed by atoms with Crippen molar-refractivity contribution in [3.63, 3.8) is 0 Å². The number of hydrogen-bond acceptors (Lipinski definition) is 3. The Morgan fingerprint density at radius 3 is 2.83 bits per heavy atom. The standard InChI is InChI=1S/C14H10FNS2/c15-11-5-3-4-10(8-11)9-17-14-16-12-6-1-2-7-13(12)18-14/h1-8H,9H2. The van der Waals surface area contributed by atoms with E-state index < -0.39 is 0 Å². The molecule has 1 aromatic heterocycles. The number of hydrogen-bond donors (Lipinski definition) is 0. The molecule has 3 aromatic rings. The van der Waals surface area contributed by atoms with Gasteiger partial charge in [-0.05, 0) is 29.8 Å². The summed E-state index contributed by atoms with van der Waals surface area (Å²) >= 11 is 3.33. The quantitative estimate of drug-likeness (QED) is 0.641. The summed E-state index contributed by atoms with van der Waals surface area (Å²) in [5.74, 6) is 0.565. The maximum absolute atomic E-state index is 13.0. The van der Waals surface area contributed by atoms with Gasteiger partial charge in [0.05, 0.1) is 10.2 Å². The molecule has 0 atom stereocenters. The Labute approximate surface area is 113 Å². The number of benzene rings is 2. The lowest BCUT2D eigenvalue weighted by Gasteiger charge is -1.98. The Morgan fingerprint density at radius 1 is 1.11 bits per heavy atom. The fourth-order valence-electron chi connectivity index (χ4n) is 1.68. The first kappa shape index (κ1) is 11.7. The van der Waals surface area contributed by atoms with Crippen molar-refractivity contribution < 1.29 is 4.39 Å². The number of fused-ring (bicyclic) bond motifs is 1. The molecule has 0 aliphatic rings. The zero-order chi connectivity index (χ0) is 12.4. The van der Waals surface area contributed by atoms with Crippen LogP contribution in [0.25, 0.3) is 10.2 Å². The van der Waals surface area contributed by atoms with Crippen molar-refractivity contribution >= 4 is 33.3 Å². The van der Waals surface area contributed by atoms with Crippen LogP contribution in [-0.2, 0) is 5.75 Å². The van der Waals surface area contributed by atoms with Gasteiger partial charge in [0.25, 0.3) is 0 Å². The van der Waals surface area contributed by atoms with Gasteiger partial charge >= 0.3 is 0 Å². The predicted molar refractivity (Wildman–Crippen MR) is 75.6 cm³/mol. The molecule has 2 aromatic carbocycles. The van der Waals surface area contributed by atoms with E-state index in [4.69, 9.17) is 0 Å². The normalized spacial score (nSPS) is 10.9. The smallest absolute Gasteiger partial charge is 0.151 e. The Balaban J connectivity index is 1.76. The van der Waals surface area contributed by atoms with E-state index in [2.05, 4.69) is 11.1 Å². The van der Waals surface area contributed by atoms with E-state index in [-0.39, 0.29) is 5.82 Å². The minimum absolute atomic E-state index is 0.183. The third-order valence-corrected chi connectivity index (χ3v) is 4.78. The molecule has 0 spiro atoms. The van der Waals surface area contributed by atoms with Crippen LogP contribution in [0.3, 0.4) is 0 Å². The molecule has 90 valence electrons. The average molecular weight is 275 g/mol. The molecule has 0 bridgehead atoms. The van der Waals surface area contributed by atoms with Crippen LogP contribution in [0.5, 0.6) is 0 Å². The van der Waals surface area contributed by atoms with Gasteiger partial charge in [0.1, 0.15) is 5.82 Å². The summed E-state index contributed by atoms with van der Waals surface area (Å²) in [6.07, 6.45) is 0. The van der Waals surface area contributed by atoms with Crippen LogP contribution in [0.4, 0.5) is 4.39 Å². The summed E-state index contributed by atoms with van der Waals surface area (Å²) in [4.78, 5) is 4.54. The lowest BCUT2D eigenvalue weighted by molar-refractivity contribution is 0.626. The Morgan fingerprint density at radius 2 is 2.00 bits per heavy atom. The van der Waals surface area contributed by atoms with Gasteiger partial charge in [0, 0.05) is 5.75 Å². The molecule has 1 heterocycles. The monoisotopic (exact) mass is 275 g/mol. The number of rotatable bonds is 3. The number of para-hydroxylation sites is 1. The van der Waals surface area contributed by atoms with Gasteiger partial charge < -0.3 is 0 Å². The molecule has 1 nitrogen and oxygen atoms in total. The van der Waals surface area contributed by atoms with E-state index in [0.29, 0.717) is 0 Å². The van der Waals surface area contributed by atoms with Gasteiger partial charge in [-0.3, -0.25) is 0 Å². The number of thioether (sulfide) groups is 1. The molecule has 0 fully saturated rings. The van der Waals surface area contributed by atoms with E-state index in [9.17, 15) is 4.39 Å². The number of nitrogens with zero attached hydrogens (tertiary/aromatic N) is 1. The van der Waals surface area contributed by atoms with Crippen molar-refractivity contribution in [2.24, 2.45) is 0 Å². The molecule has 4 heteroatoms. The molecule has 0 radical (unpaired) electrons. The first-order valence-electron chi connectivity index (χ1n) is 5.54. The van der Waals surface area contributed by atoms with Crippen LogP contribution in [0.15, 0.2) is 52.9 Å². The fraction of sp³-hybridized carbons (Fsp3) is 0.0714. The van der Waals surface area contributed by atoms with Crippen molar-refractivity contribution in [1.82, 2.24) is 4.98 Å². The third kappa shape index (κ3) is 2.54. The van der Waals surface area contributed by atoms with Crippen molar-refractivity contribution in [3.8, 4) is 0 Å². The highest BCUT2D eigenvalue weighted by molar-refractivity contribution is 8.00. The third-order valence-electron chi connectivity index (χ3n) is 2.53. The van der Waals surface area contributed by atoms with Crippen molar-refractivity contribution in [2.45, 2.75) is 10.1 Å². The van der Waals surface area contributed by atoms with Crippen molar-refractivity contribution in [2.75, 3.05) is 0 Å². The molecule has 0 saturated heterocycles. The molecule has 0 N–H and O–H groups in total.